The Balaban J connectivity index is 1.68. The third-order valence-corrected chi connectivity index (χ3v) is 6.32. The van der Waals surface area contributed by atoms with Crippen molar-refractivity contribution in [3.63, 3.8) is 0 Å². The van der Waals surface area contributed by atoms with Crippen molar-refractivity contribution in [3.8, 4) is 0 Å². The molecule has 2 spiro atoms. The average molecular weight is 238 g/mol. The van der Waals surface area contributed by atoms with Gasteiger partial charge in [0, 0.05) is 12.8 Å². The topological polar surface area (TPSA) is 38.7 Å². The van der Waals surface area contributed by atoms with E-state index in [1.807, 2.05) is 0 Å². The van der Waals surface area contributed by atoms with Gasteiger partial charge in [-0.25, -0.2) is 0 Å². The molecule has 3 aliphatic carbocycles. The van der Waals surface area contributed by atoms with E-state index in [9.17, 15) is 5.11 Å². The second-order valence-corrected chi connectivity index (χ2v) is 6.85. The van der Waals surface area contributed by atoms with Crippen LogP contribution < -0.4 is 0 Å². The van der Waals surface area contributed by atoms with E-state index in [4.69, 9.17) is 9.47 Å². The fraction of sp³-hybridized carbons (Fsp3) is 1.00. The summed E-state index contributed by atoms with van der Waals surface area (Å²) in [4.78, 5) is 0. The second kappa shape index (κ2) is 3.06. The van der Waals surface area contributed by atoms with Crippen molar-refractivity contribution in [2.45, 2.75) is 57.3 Å². The minimum atomic E-state index is -0.286. The van der Waals surface area contributed by atoms with Crippen LogP contribution in [0.5, 0.6) is 0 Å². The van der Waals surface area contributed by atoms with Gasteiger partial charge in [0.05, 0.1) is 19.3 Å². The minimum absolute atomic E-state index is 0.111. The van der Waals surface area contributed by atoms with Crippen molar-refractivity contribution >= 4 is 0 Å². The molecule has 1 saturated heterocycles. The SMILES string of the molecule is C[C@]12CCC3(C[C@]14C[C@@H]4CC[C@@H]2O)OCCO3. The van der Waals surface area contributed by atoms with Gasteiger partial charge in [-0.2, -0.15) is 0 Å². The Labute approximate surface area is 102 Å². The molecule has 4 aliphatic rings. The number of aliphatic hydroxyl groups excluding tert-OH is 1. The summed E-state index contributed by atoms with van der Waals surface area (Å²) >= 11 is 0. The van der Waals surface area contributed by atoms with Crippen LogP contribution in [-0.4, -0.2) is 30.2 Å². The van der Waals surface area contributed by atoms with Crippen LogP contribution in [0.15, 0.2) is 0 Å². The fourth-order valence-corrected chi connectivity index (χ4v) is 5.06. The third kappa shape index (κ3) is 1.18. The highest BCUT2D eigenvalue weighted by atomic mass is 16.7. The van der Waals surface area contributed by atoms with E-state index in [0.717, 1.165) is 44.8 Å². The Morgan fingerprint density at radius 1 is 1.12 bits per heavy atom. The molecule has 4 fully saturated rings. The normalized spacial score (nSPS) is 55.4. The minimum Gasteiger partial charge on any atom is -0.393 e. The Hall–Kier alpha value is -0.120. The highest BCUT2D eigenvalue weighted by Crippen LogP contribution is 2.76. The quantitative estimate of drug-likeness (QED) is 0.702. The molecule has 0 unspecified atom stereocenters. The van der Waals surface area contributed by atoms with Crippen LogP contribution in [0.4, 0.5) is 0 Å². The van der Waals surface area contributed by atoms with Crippen LogP contribution in [-0.2, 0) is 9.47 Å². The number of ether oxygens (including phenoxy) is 2. The standard InChI is InChI=1S/C14H22O3/c1-12-4-5-14(16-6-7-17-14)9-13(12)8-10(13)2-3-11(12)15/h10-11,15H,2-9H2,1H3/t10-,11-,12+,13-/m0/s1. The van der Waals surface area contributed by atoms with Gasteiger partial charge in [-0.3, -0.25) is 0 Å². The van der Waals surface area contributed by atoms with E-state index >= 15 is 0 Å². The summed E-state index contributed by atoms with van der Waals surface area (Å²) in [7, 11) is 0. The lowest BCUT2D eigenvalue weighted by Crippen LogP contribution is -2.53. The van der Waals surface area contributed by atoms with Crippen LogP contribution >= 0.6 is 0 Å². The monoisotopic (exact) mass is 238 g/mol. The first-order valence-corrected chi connectivity index (χ1v) is 7.06. The third-order valence-electron chi connectivity index (χ3n) is 6.32. The Morgan fingerprint density at radius 3 is 2.65 bits per heavy atom. The highest BCUT2D eigenvalue weighted by molar-refractivity contribution is 5.20. The smallest absolute Gasteiger partial charge is 0.169 e. The van der Waals surface area contributed by atoms with E-state index in [1.54, 1.807) is 0 Å². The summed E-state index contributed by atoms with van der Waals surface area (Å²) in [6.07, 6.45) is 6.43. The lowest BCUT2D eigenvalue weighted by molar-refractivity contribution is -0.231. The molecule has 0 aromatic carbocycles. The first kappa shape index (κ1) is 10.8. The van der Waals surface area contributed by atoms with E-state index < -0.39 is 0 Å². The predicted molar refractivity (Wildman–Crippen MR) is 62.4 cm³/mol. The lowest BCUT2D eigenvalue weighted by atomic mass is 9.56. The Morgan fingerprint density at radius 2 is 1.88 bits per heavy atom. The molecule has 0 aromatic rings. The first-order chi connectivity index (χ1) is 8.10. The lowest BCUT2D eigenvalue weighted by Gasteiger charge is -2.53. The van der Waals surface area contributed by atoms with Gasteiger partial charge in [-0.15, -0.1) is 0 Å². The molecular formula is C14H22O3. The zero-order valence-electron chi connectivity index (χ0n) is 10.6. The molecule has 0 radical (unpaired) electrons. The van der Waals surface area contributed by atoms with Crippen molar-refractivity contribution in [1.82, 2.24) is 0 Å². The predicted octanol–water partition coefficient (Wildman–Crippen LogP) is 2.08. The van der Waals surface area contributed by atoms with Gasteiger partial charge in [0.2, 0.25) is 0 Å². The maximum absolute atomic E-state index is 10.4. The molecule has 1 heterocycles. The van der Waals surface area contributed by atoms with E-state index in [-0.39, 0.29) is 17.3 Å². The summed E-state index contributed by atoms with van der Waals surface area (Å²) in [6, 6.07) is 0. The molecule has 3 saturated carbocycles. The molecule has 17 heavy (non-hydrogen) atoms. The largest absolute Gasteiger partial charge is 0.393 e. The Bertz CT molecular complexity index is 349. The summed E-state index contributed by atoms with van der Waals surface area (Å²) < 4.78 is 11.8. The molecule has 4 atom stereocenters. The summed E-state index contributed by atoms with van der Waals surface area (Å²) in [5.41, 5.74) is 0.448. The number of hydrogen-bond acceptors (Lipinski definition) is 3. The van der Waals surface area contributed by atoms with Gasteiger partial charge in [0.25, 0.3) is 0 Å². The molecule has 1 aliphatic heterocycles. The molecule has 0 bridgehead atoms. The van der Waals surface area contributed by atoms with Gasteiger partial charge in [-0.05, 0) is 42.4 Å². The molecule has 96 valence electrons. The van der Waals surface area contributed by atoms with Gasteiger partial charge in [0.15, 0.2) is 5.79 Å². The van der Waals surface area contributed by atoms with Crippen molar-refractivity contribution in [2.24, 2.45) is 16.7 Å². The summed E-state index contributed by atoms with van der Waals surface area (Å²) in [6.45, 7) is 3.80. The number of aliphatic hydroxyl groups is 1. The average Bonchev–Trinajstić information content (AvgIpc) is 2.83. The van der Waals surface area contributed by atoms with Crippen molar-refractivity contribution < 1.29 is 14.6 Å². The van der Waals surface area contributed by atoms with Crippen LogP contribution in [0, 0.1) is 16.7 Å². The van der Waals surface area contributed by atoms with Crippen LogP contribution in [0.25, 0.3) is 0 Å². The van der Waals surface area contributed by atoms with Crippen LogP contribution in [0.1, 0.15) is 45.4 Å². The number of hydrogen-bond donors (Lipinski definition) is 1. The molecule has 3 nitrogen and oxygen atoms in total. The maximum Gasteiger partial charge on any atom is 0.169 e. The highest BCUT2D eigenvalue weighted by Gasteiger charge is 2.72. The fourth-order valence-electron chi connectivity index (χ4n) is 5.06. The Kier molecular flexibility index (Phi) is 1.94. The maximum atomic E-state index is 10.4. The van der Waals surface area contributed by atoms with Crippen molar-refractivity contribution in [1.29, 1.82) is 0 Å². The summed E-state index contributed by atoms with van der Waals surface area (Å²) in [5.74, 6) is 0.534. The molecule has 0 aromatic heterocycles. The van der Waals surface area contributed by atoms with Gasteiger partial charge in [0.1, 0.15) is 0 Å². The van der Waals surface area contributed by atoms with Gasteiger partial charge < -0.3 is 14.6 Å². The van der Waals surface area contributed by atoms with Crippen molar-refractivity contribution in [3.05, 3.63) is 0 Å². The molecule has 0 amide bonds. The molecule has 4 rings (SSSR count). The van der Waals surface area contributed by atoms with E-state index in [0.29, 0.717) is 5.41 Å². The first-order valence-electron chi connectivity index (χ1n) is 7.06. The molecular weight excluding hydrogens is 216 g/mol. The van der Waals surface area contributed by atoms with Crippen molar-refractivity contribution in [2.75, 3.05) is 13.2 Å². The zero-order chi connectivity index (χ0) is 11.7. The number of rotatable bonds is 0. The molecule has 1 N–H and O–H groups in total. The van der Waals surface area contributed by atoms with E-state index in [1.165, 1.54) is 12.8 Å². The summed E-state index contributed by atoms with van der Waals surface area (Å²) in [5, 5.41) is 10.4. The molecule has 3 heteroatoms. The van der Waals surface area contributed by atoms with Gasteiger partial charge in [-0.1, -0.05) is 6.92 Å². The van der Waals surface area contributed by atoms with Crippen LogP contribution in [0.2, 0.25) is 0 Å². The van der Waals surface area contributed by atoms with Crippen LogP contribution in [0.3, 0.4) is 0 Å². The zero-order valence-corrected chi connectivity index (χ0v) is 10.6. The van der Waals surface area contributed by atoms with Gasteiger partial charge >= 0.3 is 0 Å². The second-order valence-electron chi connectivity index (χ2n) is 6.85. The van der Waals surface area contributed by atoms with E-state index in [2.05, 4.69) is 6.92 Å².